The minimum Gasteiger partial charge on any atom is -0.128 e. The van der Waals surface area contributed by atoms with Gasteiger partial charge in [0.15, 0.2) is 0 Å². The molecule has 0 aliphatic rings. The zero-order valence-corrected chi connectivity index (χ0v) is 13.0. The number of rotatable bonds is 2. The van der Waals surface area contributed by atoms with Gasteiger partial charge in [0.1, 0.15) is 0 Å². The fourth-order valence-corrected chi connectivity index (χ4v) is 3.82. The smallest absolute Gasteiger partial charge is 0.0317 e. The van der Waals surface area contributed by atoms with E-state index in [1.54, 1.807) is 11.8 Å². The highest BCUT2D eigenvalue weighted by Gasteiger charge is 2.08. The van der Waals surface area contributed by atoms with Crippen LogP contribution < -0.4 is 0 Å². The summed E-state index contributed by atoms with van der Waals surface area (Å²) in [7, 11) is 0. The molecule has 3 rings (SSSR count). The molecular weight excluding hydrogens is 316 g/mol. The number of fused-ring (bicyclic) bond motifs is 1. The second-order valence-electron chi connectivity index (χ2n) is 4.38. The predicted octanol–water partition coefficient (Wildman–Crippen LogP) is 5.99. The Morgan fingerprint density at radius 3 is 2.42 bits per heavy atom. The molecular formula is C17H13BrS. The molecule has 0 saturated heterocycles. The highest BCUT2D eigenvalue weighted by molar-refractivity contribution is 9.10. The third-order valence-electron chi connectivity index (χ3n) is 3.23. The van der Waals surface area contributed by atoms with Crippen LogP contribution in [-0.2, 0) is 0 Å². The van der Waals surface area contributed by atoms with E-state index in [1.807, 2.05) is 0 Å². The molecule has 2 heteroatoms. The van der Waals surface area contributed by atoms with Gasteiger partial charge >= 0.3 is 0 Å². The van der Waals surface area contributed by atoms with E-state index in [2.05, 4.69) is 82.8 Å². The van der Waals surface area contributed by atoms with E-state index in [-0.39, 0.29) is 0 Å². The number of thioether (sulfide) groups is 1. The molecule has 0 spiro atoms. The molecule has 0 heterocycles. The molecule has 0 saturated carbocycles. The van der Waals surface area contributed by atoms with E-state index in [9.17, 15) is 0 Å². The third-order valence-corrected chi connectivity index (χ3v) is 5.00. The number of hydrogen-bond donors (Lipinski definition) is 0. The van der Waals surface area contributed by atoms with Crippen LogP contribution >= 0.6 is 27.7 Å². The molecule has 0 unspecified atom stereocenters. The van der Waals surface area contributed by atoms with Gasteiger partial charge in [0.2, 0.25) is 0 Å². The lowest BCUT2D eigenvalue weighted by Gasteiger charge is -2.10. The molecule has 0 amide bonds. The van der Waals surface area contributed by atoms with E-state index in [0.29, 0.717) is 0 Å². The minimum absolute atomic E-state index is 1.16. The van der Waals surface area contributed by atoms with Crippen LogP contribution in [0.2, 0.25) is 0 Å². The summed E-state index contributed by atoms with van der Waals surface area (Å²) in [5.41, 5.74) is 2.55. The summed E-state index contributed by atoms with van der Waals surface area (Å²) in [5.74, 6) is 0. The Morgan fingerprint density at radius 2 is 1.63 bits per heavy atom. The van der Waals surface area contributed by atoms with Crippen molar-refractivity contribution in [2.75, 3.05) is 6.26 Å². The van der Waals surface area contributed by atoms with Gasteiger partial charge in [-0.2, -0.15) is 0 Å². The Hall–Kier alpha value is -1.25. The monoisotopic (exact) mass is 328 g/mol. The Labute approximate surface area is 126 Å². The first-order valence-electron chi connectivity index (χ1n) is 6.11. The van der Waals surface area contributed by atoms with E-state index >= 15 is 0 Å². The number of halogens is 1. The van der Waals surface area contributed by atoms with Crippen LogP contribution in [0, 0.1) is 0 Å². The fraction of sp³-hybridized carbons (Fsp3) is 0.0588. The number of benzene rings is 3. The highest BCUT2D eigenvalue weighted by atomic mass is 79.9. The molecule has 0 fully saturated rings. The molecule has 0 radical (unpaired) electrons. The summed E-state index contributed by atoms with van der Waals surface area (Å²) in [5, 5.41) is 2.57. The summed E-state index contributed by atoms with van der Waals surface area (Å²) in [6, 6.07) is 21.5. The van der Waals surface area contributed by atoms with Gasteiger partial charge in [0, 0.05) is 9.37 Å². The van der Waals surface area contributed by atoms with E-state index in [0.717, 1.165) is 4.47 Å². The van der Waals surface area contributed by atoms with Gasteiger partial charge in [0.05, 0.1) is 0 Å². The van der Waals surface area contributed by atoms with Gasteiger partial charge < -0.3 is 0 Å². The van der Waals surface area contributed by atoms with Crippen molar-refractivity contribution in [2.24, 2.45) is 0 Å². The fourth-order valence-electron chi connectivity index (χ4n) is 2.30. The van der Waals surface area contributed by atoms with Crippen LogP contribution in [0.3, 0.4) is 0 Å². The molecule has 0 aliphatic heterocycles. The van der Waals surface area contributed by atoms with Crippen LogP contribution in [0.15, 0.2) is 70.0 Å². The molecule has 0 bridgehead atoms. The Kier molecular flexibility index (Phi) is 3.63. The van der Waals surface area contributed by atoms with Crippen molar-refractivity contribution < 1.29 is 0 Å². The predicted molar refractivity (Wildman–Crippen MR) is 88.9 cm³/mol. The van der Waals surface area contributed by atoms with Gasteiger partial charge in [-0.15, -0.1) is 11.8 Å². The quantitative estimate of drug-likeness (QED) is 0.520. The summed E-state index contributed by atoms with van der Waals surface area (Å²) >= 11 is 5.41. The van der Waals surface area contributed by atoms with Gasteiger partial charge in [-0.1, -0.05) is 48.5 Å². The molecule has 94 valence electrons. The van der Waals surface area contributed by atoms with Crippen LogP contribution in [0.25, 0.3) is 21.9 Å². The zero-order chi connectivity index (χ0) is 13.2. The van der Waals surface area contributed by atoms with Crippen molar-refractivity contribution >= 4 is 38.5 Å². The summed E-state index contributed by atoms with van der Waals surface area (Å²) in [6.45, 7) is 0. The molecule has 0 aliphatic carbocycles. The van der Waals surface area contributed by atoms with Gasteiger partial charge in [-0.05, 0) is 56.2 Å². The van der Waals surface area contributed by atoms with Gasteiger partial charge in [-0.25, -0.2) is 0 Å². The van der Waals surface area contributed by atoms with Crippen molar-refractivity contribution in [2.45, 2.75) is 4.90 Å². The topological polar surface area (TPSA) is 0 Å². The van der Waals surface area contributed by atoms with E-state index < -0.39 is 0 Å². The zero-order valence-electron chi connectivity index (χ0n) is 10.6. The van der Waals surface area contributed by atoms with Crippen LogP contribution in [0.1, 0.15) is 0 Å². The second-order valence-corrected chi connectivity index (χ2v) is 6.05. The highest BCUT2D eigenvalue weighted by Crippen LogP contribution is 2.36. The molecule has 3 aromatic rings. The largest absolute Gasteiger partial charge is 0.128 e. The van der Waals surface area contributed by atoms with Crippen molar-refractivity contribution in [1.82, 2.24) is 0 Å². The lowest BCUT2D eigenvalue weighted by atomic mass is 10.0. The van der Waals surface area contributed by atoms with Gasteiger partial charge in [0.25, 0.3) is 0 Å². The van der Waals surface area contributed by atoms with Gasteiger partial charge in [-0.3, -0.25) is 0 Å². The molecule has 0 N–H and O–H groups in total. The lowest BCUT2D eigenvalue weighted by molar-refractivity contribution is 1.40. The Bertz CT molecular complexity index is 734. The third kappa shape index (κ3) is 2.43. The van der Waals surface area contributed by atoms with Crippen LogP contribution in [0.4, 0.5) is 0 Å². The summed E-state index contributed by atoms with van der Waals surface area (Å²) in [4.78, 5) is 1.29. The maximum absolute atomic E-state index is 3.63. The van der Waals surface area contributed by atoms with E-state index in [4.69, 9.17) is 0 Å². The first kappa shape index (κ1) is 12.8. The molecule has 3 aromatic carbocycles. The van der Waals surface area contributed by atoms with Crippen molar-refractivity contribution in [3.05, 3.63) is 65.1 Å². The molecule has 19 heavy (non-hydrogen) atoms. The number of hydrogen-bond acceptors (Lipinski definition) is 1. The standard InChI is InChI=1S/C17H13BrS/c1-19-17-15(7-4-8-16(17)18)14-10-9-12-5-2-3-6-13(12)11-14/h2-11H,1H3. The minimum atomic E-state index is 1.16. The maximum atomic E-state index is 3.63. The molecule has 0 aromatic heterocycles. The second kappa shape index (κ2) is 5.40. The molecule has 0 atom stereocenters. The molecule has 0 nitrogen and oxygen atoms in total. The van der Waals surface area contributed by atoms with E-state index in [1.165, 1.54) is 26.8 Å². The Morgan fingerprint density at radius 1 is 0.842 bits per heavy atom. The lowest BCUT2D eigenvalue weighted by Crippen LogP contribution is -1.84. The van der Waals surface area contributed by atoms with Crippen molar-refractivity contribution in [1.29, 1.82) is 0 Å². The Balaban J connectivity index is 2.22. The maximum Gasteiger partial charge on any atom is 0.0317 e. The van der Waals surface area contributed by atoms with Crippen LogP contribution in [0.5, 0.6) is 0 Å². The normalized spacial score (nSPS) is 10.8. The summed E-state index contributed by atoms with van der Waals surface area (Å²) in [6.07, 6.45) is 2.12. The summed E-state index contributed by atoms with van der Waals surface area (Å²) < 4.78 is 1.16. The van der Waals surface area contributed by atoms with Crippen molar-refractivity contribution in [3.8, 4) is 11.1 Å². The van der Waals surface area contributed by atoms with Crippen LogP contribution in [-0.4, -0.2) is 6.26 Å². The SMILES string of the molecule is CSc1c(Br)cccc1-c1ccc2ccccc2c1. The van der Waals surface area contributed by atoms with Crippen molar-refractivity contribution in [3.63, 3.8) is 0 Å². The first-order chi connectivity index (χ1) is 9.29. The first-order valence-corrected chi connectivity index (χ1v) is 8.13. The average Bonchev–Trinajstić information content (AvgIpc) is 2.46. The average molecular weight is 329 g/mol.